The van der Waals surface area contributed by atoms with Crippen LogP contribution in [0.1, 0.15) is 17.0 Å². The summed E-state index contributed by atoms with van der Waals surface area (Å²) in [7, 11) is 0. The van der Waals surface area contributed by atoms with E-state index in [0.717, 1.165) is 28.0 Å². The lowest BCUT2D eigenvalue weighted by Crippen LogP contribution is -2.12. The number of hydrogen-bond acceptors (Lipinski definition) is 4. The molecule has 0 saturated carbocycles. The Morgan fingerprint density at radius 3 is 2.89 bits per heavy atom. The summed E-state index contributed by atoms with van der Waals surface area (Å²) in [6, 6.07) is 9.71. The molecule has 1 N–H and O–H groups in total. The normalized spacial score (nSPS) is 11.3. The number of rotatable bonds is 4. The first kappa shape index (κ1) is 12.3. The standard InChI is InChI=1S/C14H13ClN2O2/c1-9-6-10(17-19-9)7-16-8-12-11-4-2-3-5-13(11)18-14(12)15/h2-6,16H,7-8H2,1H3. The van der Waals surface area contributed by atoms with Crippen molar-refractivity contribution >= 4 is 22.6 Å². The Kier molecular flexibility index (Phi) is 3.27. The van der Waals surface area contributed by atoms with Crippen LogP contribution in [0.25, 0.3) is 11.0 Å². The highest BCUT2D eigenvalue weighted by Gasteiger charge is 2.11. The van der Waals surface area contributed by atoms with Crippen LogP contribution in [0, 0.1) is 6.92 Å². The van der Waals surface area contributed by atoms with Crippen molar-refractivity contribution in [2.24, 2.45) is 0 Å². The van der Waals surface area contributed by atoms with Crippen molar-refractivity contribution < 1.29 is 8.94 Å². The molecule has 0 aliphatic rings. The molecule has 0 atom stereocenters. The smallest absolute Gasteiger partial charge is 0.199 e. The third-order valence-electron chi connectivity index (χ3n) is 2.93. The van der Waals surface area contributed by atoms with Crippen molar-refractivity contribution in [3.63, 3.8) is 0 Å². The molecule has 1 aromatic carbocycles. The van der Waals surface area contributed by atoms with Crippen LogP contribution in [0.4, 0.5) is 0 Å². The van der Waals surface area contributed by atoms with Crippen molar-refractivity contribution in [3.8, 4) is 0 Å². The van der Waals surface area contributed by atoms with E-state index in [2.05, 4.69) is 10.5 Å². The van der Waals surface area contributed by atoms with E-state index in [1.807, 2.05) is 37.3 Å². The fraction of sp³-hybridized carbons (Fsp3) is 0.214. The average molecular weight is 277 g/mol. The first-order chi connectivity index (χ1) is 9.24. The Balaban J connectivity index is 1.73. The molecule has 2 aromatic heterocycles. The van der Waals surface area contributed by atoms with E-state index < -0.39 is 0 Å². The zero-order valence-electron chi connectivity index (χ0n) is 10.4. The number of nitrogens with one attached hydrogen (secondary N) is 1. The van der Waals surface area contributed by atoms with E-state index in [0.29, 0.717) is 18.3 Å². The van der Waals surface area contributed by atoms with Crippen LogP contribution in [-0.2, 0) is 13.1 Å². The average Bonchev–Trinajstić information content (AvgIpc) is 2.94. The van der Waals surface area contributed by atoms with Crippen molar-refractivity contribution in [2.45, 2.75) is 20.0 Å². The van der Waals surface area contributed by atoms with Gasteiger partial charge in [-0.2, -0.15) is 0 Å². The highest BCUT2D eigenvalue weighted by Crippen LogP contribution is 2.29. The molecule has 0 fully saturated rings. The predicted octanol–water partition coefficient (Wildman–Crippen LogP) is 3.67. The van der Waals surface area contributed by atoms with Gasteiger partial charge in [-0.25, -0.2) is 0 Å². The highest BCUT2D eigenvalue weighted by molar-refractivity contribution is 6.30. The van der Waals surface area contributed by atoms with Gasteiger partial charge in [0.2, 0.25) is 0 Å². The van der Waals surface area contributed by atoms with Crippen LogP contribution in [0.5, 0.6) is 0 Å². The van der Waals surface area contributed by atoms with Crippen molar-refractivity contribution in [1.29, 1.82) is 0 Å². The molecule has 0 bridgehead atoms. The number of aryl methyl sites for hydroxylation is 1. The summed E-state index contributed by atoms with van der Waals surface area (Å²) >= 11 is 6.11. The summed E-state index contributed by atoms with van der Waals surface area (Å²) in [5, 5.41) is 8.68. The number of aromatic nitrogens is 1. The lowest BCUT2D eigenvalue weighted by atomic mass is 10.2. The second kappa shape index (κ2) is 5.07. The Morgan fingerprint density at radius 1 is 1.26 bits per heavy atom. The van der Waals surface area contributed by atoms with Crippen LogP contribution >= 0.6 is 11.6 Å². The Labute approximate surface area is 115 Å². The summed E-state index contributed by atoms with van der Waals surface area (Å²) in [5.41, 5.74) is 2.65. The van der Waals surface area contributed by atoms with Gasteiger partial charge in [-0.15, -0.1) is 0 Å². The minimum absolute atomic E-state index is 0.435. The summed E-state index contributed by atoms with van der Waals surface area (Å²) in [4.78, 5) is 0. The van der Waals surface area contributed by atoms with E-state index in [1.54, 1.807) is 0 Å². The predicted molar refractivity (Wildman–Crippen MR) is 73.0 cm³/mol. The summed E-state index contributed by atoms with van der Waals surface area (Å²) in [6.07, 6.45) is 0. The van der Waals surface area contributed by atoms with Crippen molar-refractivity contribution in [1.82, 2.24) is 10.5 Å². The van der Waals surface area contributed by atoms with Crippen LogP contribution < -0.4 is 5.32 Å². The Hall–Kier alpha value is -1.78. The number of nitrogens with zero attached hydrogens (tertiary/aromatic N) is 1. The van der Waals surface area contributed by atoms with E-state index in [9.17, 15) is 0 Å². The number of halogens is 1. The molecule has 3 rings (SSSR count). The van der Waals surface area contributed by atoms with Gasteiger partial charge in [0, 0.05) is 30.1 Å². The molecular formula is C14H13ClN2O2. The molecule has 98 valence electrons. The molecule has 0 spiro atoms. The number of hydrogen-bond donors (Lipinski definition) is 1. The van der Waals surface area contributed by atoms with Gasteiger partial charge in [-0.1, -0.05) is 23.4 Å². The van der Waals surface area contributed by atoms with Gasteiger partial charge in [0.05, 0.1) is 5.69 Å². The van der Waals surface area contributed by atoms with Gasteiger partial charge >= 0.3 is 0 Å². The fourth-order valence-electron chi connectivity index (χ4n) is 2.05. The Bertz CT molecular complexity index is 702. The second-order valence-electron chi connectivity index (χ2n) is 4.38. The topological polar surface area (TPSA) is 51.2 Å². The van der Waals surface area contributed by atoms with Gasteiger partial charge in [0.25, 0.3) is 0 Å². The van der Waals surface area contributed by atoms with E-state index >= 15 is 0 Å². The van der Waals surface area contributed by atoms with Gasteiger partial charge in [-0.3, -0.25) is 0 Å². The molecule has 3 aromatic rings. The quantitative estimate of drug-likeness (QED) is 0.790. The molecule has 19 heavy (non-hydrogen) atoms. The SMILES string of the molecule is Cc1cc(CNCc2c(Cl)oc3ccccc23)no1. The fourth-order valence-corrected chi connectivity index (χ4v) is 2.30. The molecule has 4 nitrogen and oxygen atoms in total. The van der Waals surface area contributed by atoms with Crippen LogP contribution in [0.2, 0.25) is 5.22 Å². The summed E-state index contributed by atoms with van der Waals surface area (Å²) in [6.45, 7) is 3.13. The second-order valence-corrected chi connectivity index (χ2v) is 4.73. The molecule has 2 heterocycles. The third-order valence-corrected chi connectivity index (χ3v) is 3.24. The van der Waals surface area contributed by atoms with E-state index in [-0.39, 0.29) is 0 Å². The summed E-state index contributed by atoms with van der Waals surface area (Å²) in [5.74, 6) is 0.809. The number of fused-ring (bicyclic) bond motifs is 1. The maximum absolute atomic E-state index is 6.11. The van der Waals surface area contributed by atoms with E-state index in [1.165, 1.54) is 0 Å². The van der Waals surface area contributed by atoms with Crippen molar-refractivity contribution in [2.75, 3.05) is 0 Å². The van der Waals surface area contributed by atoms with Crippen LogP contribution in [-0.4, -0.2) is 5.16 Å². The molecule has 0 unspecified atom stereocenters. The third kappa shape index (κ3) is 2.50. The van der Waals surface area contributed by atoms with Crippen molar-refractivity contribution in [3.05, 3.63) is 52.6 Å². The molecular weight excluding hydrogens is 264 g/mol. The molecule has 0 saturated heterocycles. The first-order valence-electron chi connectivity index (χ1n) is 6.03. The molecule has 0 aliphatic heterocycles. The van der Waals surface area contributed by atoms with E-state index in [4.69, 9.17) is 20.5 Å². The lowest BCUT2D eigenvalue weighted by Gasteiger charge is -2.01. The van der Waals surface area contributed by atoms with Gasteiger partial charge in [0.15, 0.2) is 5.22 Å². The van der Waals surface area contributed by atoms with Crippen LogP contribution in [0.3, 0.4) is 0 Å². The largest absolute Gasteiger partial charge is 0.444 e. The first-order valence-corrected chi connectivity index (χ1v) is 6.40. The lowest BCUT2D eigenvalue weighted by molar-refractivity contribution is 0.388. The molecule has 0 amide bonds. The zero-order chi connectivity index (χ0) is 13.2. The maximum Gasteiger partial charge on any atom is 0.199 e. The van der Waals surface area contributed by atoms with Gasteiger partial charge in [0.1, 0.15) is 11.3 Å². The number of para-hydroxylation sites is 1. The number of furan rings is 1. The Morgan fingerprint density at radius 2 is 2.11 bits per heavy atom. The minimum Gasteiger partial charge on any atom is -0.444 e. The van der Waals surface area contributed by atoms with Crippen LogP contribution in [0.15, 0.2) is 39.3 Å². The summed E-state index contributed by atoms with van der Waals surface area (Å²) < 4.78 is 10.5. The zero-order valence-corrected chi connectivity index (χ0v) is 11.2. The molecule has 0 radical (unpaired) electrons. The highest BCUT2D eigenvalue weighted by atomic mass is 35.5. The molecule has 0 aliphatic carbocycles. The van der Waals surface area contributed by atoms with Gasteiger partial charge in [-0.05, 0) is 24.6 Å². The number of benzene rings is 1. The monoisotopic (exact) mass is 276 g/mol. The molecule has 5 heteroatoms. The minimum atomic E-state index is 0.435. The maximum atomic E-state index is 6.11. The van der Waals surface area contributed by atoms with Gasteiger partial charge < -0.3 is 14.3 Å².